The molecular formula is C19H20Cl2N2O4. The molecule has 0 saturated carbocycles. The van der Waals surface area contributed by atoms with Gasteiger partial charge in [-0.3, -0.25) is 4.79 Å². The van der Waals surface area contributed by atoms with E-state index in [0.717, 1.165) is 0 Å². The Labute approximate surface area is 168 Å². The van der Waals surface area contributed by atoms with Crippen molar-refractivity contribution >= 4 is 35.3 Å². The highest BCUT2D eigenvalue weighted by Crippen LogP contribution is 2.31. The number of halogens is 2. The van der Waals surface area contributed by atoms with Crippen LogP contribution in [0.4, 0.5) is 0 Å². The fourth-order valence-corrected chi connectivity index (χ4v) is 2.56. The predicted molar refractivity (Wildman–Crippen MR) is 106 cm³/mol. The van der Waals surface area contributed by atoms with E-state index < -0.39 is 5.91 Å². The molecule has 0 bridgehead atoms. The summed E-state index contributed by atoms with van der Waals surface area (Å²) in [4.78, 5) is 11.9. The molecular weight excluding hydrogens is 391 g/mol. The average molecular weight is 411 g/mol. The van der Waals surface area contributed by atoms with Crippen molar-refractivity contribution in [2.24, 2.45) is 5.10 Å². The Hall–Kier alpha value is -2.44. The molecule has 0 spiro atoms. The van der Waals surface area contributed by atoms with Gasteiger partial charge in [-0.2, -0.15) is 5.10 Å². The number of ether oxygens (including phenoxy) is 3. The zero-order valence-corrected chi connectivity index (χ0v) is 16.7. The summed E-state index contributed by atoms with van der Waals surface area (Å²) in [5, 5.41) is 4.75. The number of hydrogen-bond acceptors (Lipinski definition) is 5. The summed E-state index contributed by atoms with van der Waals surface area (Å²) in [6.07, 6.45) is 1.44. The molecule has 0 atom stereocenters. The number of nitrogens with one attached hydrogen (secondary N) is 1. The van der Waals surface area contributed by atoms with Crippen LogP contribution in [0, 0.1) is 0 Å². The van der Waals surface area contributed by atoms with E-state index in [1.54, 1.807) is 37.4 Å². The van der Waals surface area contributed by atoms with Crippen LogP contribution in [0.5, 0.6) is 17.2 Å². The number of methoxy groups -OCH3 is 1. The molecule has 0 aliphatic rings. The van der Waals surface area contributed by atoms with Crippen LogP contribution in [-0.2, 0) is 4.79 Å². The Morgan fingerprint density at radius 2 is 2.00 bits per heavy atom. The Morgan fingerprint density at radius 1 is 1.22 bits per heavy atom. The van der Waals surface area contributed by atoms with Crippen LogP contribution in [0.3, 0.4) is 0 Å². The molecule has 0 heterocycles. The highest BCUT2D eigenvalue weighted by Gasteiger charge is 2.11. The fraction of sp³-hybridized carbons (Fsp3) is 0.263. The monoisotopic (exact) mass is 410 g/mol. The molecule has 0 aromatic heterocycles. The van der Waals surface area contributed by atoms with Crippen molar-refractivity contribution in [2.45, 2.75) is 20.0 Å². The lowest BCUT2D eigenvalue weighted by Crippen LogP contribution is -2.24. The molecule has 2 aromatic rings. The third kappa shape index (κ3) is 6.34. The minimum absolute atomic E-state index is 0.0411. The summed E-state index contributed by atoms with van der Waals surface area (Å²) >= 11 is 11.8. The first-order chi connectivity index (χ1) is 12.9. The summed E-state index contributed by atoms with van der Waals surface area (Å²) in [7, 11) is 1.56. The molecule has 6 nitrogen and oxygen atoms in total. The molecule has 1 amide bonds. The van der Waals surface area contributed by atoms with Crippen molar-refractivity contribution in [2.75, 3.05) is 13.7 Å². The minimum atomic E-state index is -0.438. The first kappa shape index (κ1) is 20.9. The number of hydrogen-bond donors (Lipinski definition) is 1. The van der Waals surface area contributed by atoms with Gasteiger partial charge >= 0.3 is 0 Å². The van der Waals surface area contributed by atoms with Gasteiger partial charge in [0.05, 0.1) is 24.5 Å². The van der Waals surface area contributed by atoms with E-state index in [0.29, 0.717) is 32.9 Å². The quantitative estimate of drug-likeness (QED) is 0.519. The fourth-order valence-electron chi connectivity index (χ4n) is 2.10. The van der Waals surface area contributed by atoms with Crippen molar-refractivity contribution in [3.63, 3.8) is 0 Å². The van der Waals surface area contributed by atoms with Gasteiger partial charge in [-0.1, -0.05) is 29.3 Å². The lowest BCUT2D eigenvalue weighted by atomic mass is 10.2. The van der Waals surface area contributed by atoms with Crippen LogP contribution in [-0.4, -0.2) is 31.9 Å². The van der Waals surface area contributed by atoms with Crippen LogP contribution >= 0.6 is 23.2 Å². The topological polar surface area (TPSA) is 69.2 Å². The van der Waals surface area contributed by atoms with Gasteiger partial charge < -0.3 is 14.2 Å². The van der Waals surface area contributed by atoms with Gasteiger partial charge in [-0.05, 0) is 44.2 Å². The normalized spacial score (nSPS) is 10.9. The summed E-state index contributed by atoms with van der Waals surface area (Å²) in [5.74, 6) is 1.06. The summed E-state index contributed by atoms with van der Waals surface area (Å²) in [5.41, 5.74) is 3.06. The maximum atomic E-state index is 11.9. The van der Waals surface area contributed by atoms with Gasteiger partial charge in [0.1, 0.15) is 5.75 Å². The SMILES string of the molecule is COc1cccc(/C=N\NC(=O)COc2ccc(Cl)cc2Cl)c1OC(C)C. The maximum absolute atomic E-state index is 11.9. The maximum Gasteiger partial charge on any atom is 0.277 e. The van der Waals surface area contributed by atoms with E-state index in [4.69, 9.17) is 37.4 Å². The van der Waals surface area contributed by atoms with E-state index in [1.807, 2.05) is 13.8 Å². The smallest absolute Gasteiger partial charge is 0.277 e. The van der Waals surface area contributed by atoms with Gasteiger partial charge in [0.2, 0.25) is 0 Å². The van der Waals surface area contributed by atoms with Crippen LogP contribution < -0.4 is 19.6 Å². The molecule has 144 valence electrons. The molecule has 2 aromatic carbocycles. The molecule has 2 rings (SSSR count). The second kappa shape index (κ2) is 10.0. The van der Waals surface area contributed by atoms with Gasteiger partial charge in [0.15, 0.2) is 18.1 Å². The number of amides is 1. The number of hydrazone groups is 1. The van der Waals surface area contributed by atoms with Crippen LogP contribution in [0.25, 0.3) is 0 Å². The Bertz CT molecular complexity index is 825. The first-order valence-corrected chi connectivity index (χ1v) is 8.89. The third-order valence-corrected chi connectivity index (χ3v) is 3.76. The molecule has 0 aliphatic carbocycles. The highest BCUT2D eigenvalue weighted by molar-refractivity contribution is 6.35. The van der Waals surface area contributed by atoms with Crippen molar-refractivity contribution in [1.29, 1.82) is 0 Å². The third-order valence-electron chi connectivity index (χ3n) is 3.23. The van der Waals surface area contributed by atoms with E-state index >= 15 is 0 Å². The van der Waals surface area contributed by atoms with Crippen molar-refractivity contribution in [3.05, 3.63) is 52.0 Å². The Morgan fingerprint density at radius 3 is 2.67 bits per heavy atom. The number of para-hydroxylation sites is 1. The van der Waals surface area contributed by atoms with Gasteiger partial charge in [0, 0.05) is 10.6 Å². The second-order valence-electron chi connectivity index (χ2n) is 5.70. The lowest BCUT2D eigenvalue weighted by molar-refractivity contribution is -0.123. The van der Waals surface area contributed by atoms with E-state index in [-0.39, 0.29) is 12.7 Å². The highest BCUT2D eigenvalue weighted by atomic mass is 35.5. The van der Waals surface area contributed by atoms with Crippen molar-refractivity contribution < 1.29 is 19.0 Å². The molecule has 0 unspecified atom stereocenters. The number of carbonyl (C=O) groups is 1. The molecule has 0 aliphatic heterocycles. The summed E-state index contributed by atoms with van der Waals surface area (Å²) in [6.45, 7) is 3.58. The molecule has 27 heavy (non-hydrogen) atoms. The molecule has 0 radical (unpaired) electrons. The van der Waals surface area contributed by atoms with Gasteiger partial charge in [-0.25, -0.2) is 5.43 Å². The minimum Gasteiger partial charge on any atom is -0.493 e. The van der Waals surface area contributed by atoms with Crippen LogP contribution in [0.1, 0.15) is 19.4 Å². The van der Waals surface area contributed by atoms with E-state index in [1.165, 1.54) is 12.3 Å². The predicted octanol–water partition coefficient (Wildman–Crippen LogP) is 4.32. The van der Waals surface area contributed by atoms with E-state index in [9.17, 15) is 4.79 Å². The number of carbonyl (C=O) groups excluding carboxylic acids is 1. The zero-order chi connectivity index (χ0) is 19.8. The summed E-state index contributed by atoms with van der Waals surface area (Å²) in [6, 6.07) is 10.1. The Balaban J connectivity index is 1.97. The number of rotatable bonds is 8. The molecule has 1 N–H and O–H groups in total. The van der Waals surface area contributed by atoms with Crippen molar-refractivity contribution in [3.8, 4) is 17.2 Å². The van der Waals surface area contributed by atoms with Crippen LogP contribution in [0.15, 0.2) is 41.5 Å². The average Bonchev–Trinajstić information content (AvgIpc) is 2.61. The number of nitrogens with zero attached hydrogens (tertiary/aromatic N) is 1. The molecule has 0 fully saturated rings. The lowest BCUT2D eigenvalue weighted by Gasteiger charge is -2.15. The second-order valence-corrected chi connectivity index (χ2v) is 6.55. The van der Waals surface area contributed by atoms with Gasteiger partial charge in [-0.15, -0.1) is 0 Å². The Kier molecular flexibility index (Phi) is 7.76. The molecule has 0 saturated heterocycles. The van der Waals surface area contributed by atoms with E-state index in [2.05, 4.69) is 10.5 Å². The van der Waals surface area contributed by atoms with Gasteiger partial charge in [0.25, 0.3) is 5.91 Å². The zero-order valence-electron chi connectivity index (χ0n) is 15.2. The summed E-state index contributed by atoms with van der Waals surface area (Å²) < 4.78 is 16.4. The first-order valence-electron chi connectivity index (χ1n) is 8.14. The van der Waals surface area contributed by atoms with Crippen LogP contribution in [0.2, 0.25) is 10.0 Å². The number of benzene rings is 2. The standard InChI is InChI=1S/C19H20Cl2N2O4/c1-12(2)27-19-13(5-4-6-17(19)25-3)10-22-23-18(24)11-26-16-8-7-14(20)9-15(16)21/h4-10,12H,11H2,1-3H3,(H,23,24)/b22-10-. The largest absolute Gasteiger partial charge is 0.493 e. The molecule has 8 heteroatoms. The van der Waals surface area contributed by atoms with Crippen molar-refractivity contribution in [1.82, 2.24) is 5.43 Å².